The Bertz CT molecular complexity index is 982. The van der Waals surface area contributed by atoms with Crippen molar-refractivity contribution in [2.45, 2.75) is 26.3 Å². The van der Waals surface area contributed by atoms with Crippen LogP contribution in [-0.2, 0) is 11.3 Å². The number of hydrogen-bond donors (Lipinski definition) is 1. The number of nitrogens with one attached hydrogen (secondary N) is 1. The Balaban J connectivity index is 1.43. The minimum Gasteiger partial charge on any atom is -0.339 e. The first-order valence-corrected chi connectivity index (χ1v) is 9.36. The summed E-state index contributed by atoms with van der Waals surface area (Å²) in [6.45, 7) is 3.93. The highest BCUT2D eigenvalue weighted by atomic mass is 16.2. The molecule has 0 bridgehead atoms. The maximum atomic E-state index is 12.5. The topological polar surface area (TPSA) is 54.3 Å². The second kappa shape index (κ2) is 7.27. The van der Waals surface area contributed by atoms with Gasteiger partial charge in [-0.15, -0.1) is 0 Å². The number of likely N-dealkylation sites (tertiary alicyclic amines) is 1. The normalized spacial score (nSPS) is 13.9. The fourth-order valence-corrected chi connectivity index (χ4v) is 3.70. The summed E-state index contributed by atoms with van der Waals surface area (Å²) in [6, 6.07) is 17.3. The molecule has 1 aliphatic heterocycles. The summed E-state index contributed by atoms with van der Waals surface area (Å²) in [5.74, 6) is -0.0158. The Morgan fingerprint density at radius 3 is 2.44 bits per heavy atom. The molecule has 2 aromatic carbocycles. The van der Waals surface area contributed by atoms with Gasteiger partial charge in [0.2, 0.25) is 5.91 Å². The Morgan fingerprint density at radius 1 is 1.00 bits per heavy atom. The third-order valence-corrected chi connectivity index (χ3v) is 5.13. The summed E-state index contributed by atoms with van der Waals surface area (Å²) in [4.78, 5) is 26.8. The van der Waals surface area contributed by atoms with Crippen LogP contribution < -0.4 is 5.32 Å². The number of anilines is 1. The van der Waals surface area contributed by atoms with Gasteiger partial charge >= 0.3 is 0 Å². The van der Waals surface area contributed by atoms with Crippen LogP contribution in [0, 0.1) is 6.92 Å². The second-order valence-electron chi connectivity index (χ2n) is 7.06. The first-order valence-electron chi connectivity index (χ1n) is 9.36. The summed E-state index contributed by atoms with van der Waals surface area (Å²) < 4.78 is 2.01. The first-order chi connectivity index (χ1) is 13.1. The van der Waals surface area contributed by atoms with E-state index in [-0.39, 0.29) is 18.4 Å². The zero-order valence-electron chi connectivity index (χ0n) is 15.4. The van der Waals surface area contributed by atoms with E-state index in [1.54, 1.807) is 24.3 Å². The van der Waals surface area contributed by atoms with Gasteiger partial charge < -0.3 is 14.8 Å². The molecule has 0 atom stereocenters. The molecule has 2 heterocycles. The lowest BCUT2D eigenvalue weighted by Gasteiger charge is -2.15. The van der Waals surface area contributed by atoms with Gasteiger partial charge in [-0.05, 0) is 61.5 Å². The van der Waals surface area contributed by atoms with Crippen molar-refractivity contribution in [1.29, 1.82) is 0 Å². The maximum Gasteiger partial charge on any atom is 0.253 e. The number of fused-ring (bicyclic) bond motifs is 1. The average Bonchev–Trinajstić information content (AvgIpc) is 3.31. The molecule has 0 aliphatic carbocycles. The molecule has 1 fully saturated rings. The van der Waals surface area contributed by atoms with Crippen molar-refractivity contribution in [3.63, 3.8) is 0 Å². The molecular weight excluding hydrogens is 338 g/mol. The van der Waals surface area contributed by atoms with Gasteiger partial charge in [-0.25, -0.2) is 0 Å². The highest BCUT2D eigenvalue weighted by Gasteiger charge is 2.19. The summed E-state index contributed by atoms with van der Waals surface area (Å²) in [6.07, 6.45) is 2.15. The van der Waals surface area contributed by atoms with E-state index in [0.29, 0.717) is 11.3 Å². The number of hydrogen-bond acceptors (Lipinski definition) is 2. The van der Waals surface area contributed by atoms with Crippen LogP contribution in [0.15, 0.2) is 54.6 Å². The Morgan fingerprint density at radius 2 is 1.70 bits per heavy atom. The minimum absolute atomic E-state index is 0.0693. The quantitative estimate of drug-likeness (QED) is 0.768. The van der Waals surface area contributed by atoms with E-state index in [1.807, 2.05) is 40.7 Å². The van der Waals surface area contributed by atoms with E-state index < -0.39 is 0 Å². The van der Waals surface area contributed by atoms with E-state index in [9.17, 15) is 9.59 Å². The fraction of sp³-hybridized carbons (Fsp3) is 0.273. The molecule has 1 aromatic heterocycles. The maximum absolute atomic E-state index is 12.5. The third kappa shape index (κ3) is 3.58. The van der Waals surface area contributed by atoms with Gasteiger partial charge in [-0.1, -0.05) is 18.2 Å². The highest BCUT2D eigenvalue weighted by molar-refractivity contribution is 5.96. The van der Waals surface area contributed by atoms with Crippen LogP contribution in [0.3, 0.4) is 0 Å². The largest absolute Gasteiger partial charge is 0.339 e. The SMILES string of the molecule is Cc1cc2ccccc2n1CC(=O)Nc1ccc(C(=O)N2CCCC2)cc1. The lowest BCUT2D eigenvalue weighted by Crippen LogP contribution is -2.27. The van der Waals surface area contributed by atoms with Crippen LogP contribution in [0.2, 0.25) is 0 Å². The predicted octanol–water partition coefficient (Wildman–Crippen LogP) is 3.82. The Hall–Kier alpha value is -3.08. The van der Waals surface area contributed by atoms with Crippen molar-refractivity contribution >= 4 is 28.4 Å². The van der Waals surface area contributed by atoms with Gasteiger partial charge in [0.15, 0.2) is 0 Å². The van der Waals surface area contributed by atoms with Crippen LogP contribution in [0.5, 0.6) is 0 Å². The van der Waals surface area contributed by atoms with E-state index in [2.05, 4.69) is 11.4 Å². The Kier molecular flexibility index (Phi) is 4.67. The molecule has 0 radical (unpaired) electrons. The molecule has 0 spiro atoms. The molecule has 27 heavy (non-hydrogen) atoms. The molecule has 5 nitrogen and oxygen atoms in total. The van der Waals surface area contributed by atoms with Crippen LogP contribution in [-0.4, -0.2) is 34.4 Å². The number of amides is 2. The highest BCUT2D eigenvalue weighted by Crippen LogP contribution is 2.20. The van der Waals surface area contributed by atoms with Gasteiger partial charge in [0, 0.05) is 35.6 Å². The van der Waals surface area contributed by atoms with Gasteiger partial charge in [0.25, 0.3) is 5.91 Å². The van der Waals surface area contributed by atoms with Crippen molar-refractivity contribution in [1.82, 2.24) is 9.47 Å². The minimum atomic E-state index is -0.0851. The van der Waals surface area contributed by atoms with Crippen molar-refractivity contribution in [2.24, 2.45) is 0 Å². The molecule has 1 aliphatic rings. The second-order valence-corrected chi connectivity index (χ2v) is 7.06. The van der Waals surface area contributed by atoms with Crippen molar-refractivity contribution in [2.75, 3.05) is 18.4 Å². The number of rotatable bonds is 4. The van der Waals surface area contributed by atoms with Gasteiger partial charge in [0.05, 0.1) is 0 Å². The van der Waals surface area contributed by atoms with Crippen LogP contribution >= 0.6 is 0 Å². The molecule has 138 valence electrons. The molecule has 3 aromatic rings. The van der Waals surface area contributed by atoms with Crippen LogP contribution in [0.4, 0.5) is 5.69 Å². The van der Waals surface area contributed by atoms with Gasteiger partial charge in [-0.3, -0.25) is 9.59 Å². The molecule has 2 amide bonds. The summed E-state index contributed by atoms with van der Waals surface area (Å²) >= 11 is 0. The summed E-state index contributed by atoms with van der Waals surface area (Å²) in [5.41, 5.74) is 3.48. The van der Waals surface area contributed by atoms with Crippen molar-refractivity contribution in [3.8, 4) is 0 Å². The Labute approximate surface area is 158 Å². The zero-order chi connectivity index (χ0) is 18.8. The van der Waals surface area contributed by atoms with Crippen LogP contribution in [0.1, 0.15) is 28.9 Å². The number of carbonyl (C=O) groups excluding carboxylic acids is 2. The van der Waals surface area contributed by atoms with Crippen molar-refractivity contribution in [3.05, 3.63) is 65.9 Å². The molecule has 1 saturated heterocycles. The van der Waals surface area contributed by atoms with E-state index in [0.717, 1.165) is 42.5 Å². The summed E-state index contributed by atoms with van der Waals surface area (Å²) in [5, 5.41) is 4.06. The fourth-order valence-electron chi connectivity index (χ4n) is 3.70. The molecule has 5 heteroatoms. The van der Waals surface area contributed by atoms with Gasteiger partial charge in [0.1, 0.15) is 6.54 Å². The van der Waals surface area contributed by atoms with Crippen LogP contribution in [0.25, 0.3) is 10.9 Å². The average molecular weight is 361 g/mol. The smallest absolute Gasteiger partial charge is 0.253 e. The number of aryl methyl sites for hydroxylation is 1. The number of benzene rings is 2. The van der Waals surface area contributed by atoms with E-state index >= 15 is 0 Å². The zero-order valence-corrected chi connectivity index (χ0v) is 15.4. The number of para-hydroxylation sites is 1. The standard InChI is InChI=1S/C22H23N3O2/c1-16-14-18-6-2-3-7-20(18)25(16)15-21(26)23-19-10-8-17(9-11-19)22(27)24-12-4-5-13-24/h2-3,6-11,14H,4-5,12-13,15H2,1H3,(H,23,26). The molecule has 0 unspecified atom stereocenters. The monoisotopic (exact) mass is 361 g/mol. The number of carbonyl (C=O) groups is 2. The van der Waals surface area contributed by atoms with Crippen molar-refractivity contribution < 1.29 is 9.59 Å². The lowest BCUT2D eigenvalue weighted by molar-refractivity contribution is -0.116. The van der Waals surface area contributed by atoms with E-state index in [4.69, 9.17) is 0 Å². The van der Waals surface area contributed by atoms with E-state index in [1.165, 1.54) is 0 Å². The molecular formula is C22H23N3O2. The molecule has 1 N–H and O–H groups in total. The van der Waals surface area contributed by atoms with Gasteiger partial charge in [-0.2, -0.15) is 0 Å². The molecule has 0 saturated carbocycles. The summed E-state index contributed by atoms with van der Waals surface area (Å²) in [7, 11) is 0. The third-order valence-electron chi connectivity index (χ3n) is 5.13. The predicted molar refractivity (Wildman–Crippen MR) is 107 cm³/mol. The lowest BCUT2D eigenvalue weighted by atomic mass is 10.2. The number of aromatic nitrogens is 1. The number of nitrogens with zero attached hydrogens (tertiary/aromatic N) is 2. The first kappa shape index (κ1) is 17.3. The molecule has 4 rings (SSSR count).